The van der Waals surface area contributed by atoms with Crippen molar-refractivity contribution in [2.75, 3.05) is 0 Å². The minimum atomic E-state index is -0.145. The molecule has 3 heterocycles. The molecule has 0 aliphatic heterocycles. The topological polar surface area (TPSA) is 118 Å². The molecule has 0 unspecified atom stereocenters. The Labute approximate surface area is 211 Å². The molecular formula is C26H21ClN8O. The highest BCUT2D eigenvalue weighted by Crippen LogP contribution is 2.40. The molecule has 178 valence electrons. The third kappa shape index (κ3) is 3.76. The van der Waals surface area contributed by atoms with Crippen LogP contribution in [0.25, 0.3) is 28.2 Å². The van der Waals surface area contributed by atoms with E-state index in [1.165, 1.54) is 6.33 Å². The lowest BCUT2D eigenvalue weighted by Gasteiger charge is -2.29. The summed E-state index contributed by atoms with van der Waals surface area (Å²) in [6.45, 7) is 0. The van der Waals surface area contributed by atoms with Crippen molar-refractivity contribution < 1.29 is 0 Å². The highest BCUT2D eigenvalue weighted by molar-refractivity contribution is 6.32. The van der Waals surface area contributed by atoms with Crippen LogP contribution >= 0.6 is 11.6 Å². The van der Waals surface area contributed by atoms with E-state index in [4.69, 9.17) is 11.6 Å². The second-order valence-corrected chi connectivity index (χ2v) is 9.32. The van der Waals surface area contributed by atoms with E-state index in [1.54, 1.807) is 24.4 Å². The van der Waals surface area contributed by atoms with Crippen LogP contribution in [0.2, 0.25) is 5.02 Å². The Balaban J connectivity index is 1.34. The van der Waals surface area contributed by atoms with Gasteiger partial charge in [0.15, 0.2) is 5.82 Å². The number of halogens is 1. The smallest absolute Gasteiger partial charge is 0.305 e. The van der Waals surface area contributed by atoms with E-state index < -0.39 is 0 Å². The monoisotopic (exact) mass is 496 g/mol. The summed E-state index contributed by atoms with van der Waals surface area (Å²) in [5.41, 5.74) is 3.36. The van der Waals surface area contributed by atoms with Crippen LogP contribution in [0.15, 0.2) is 65.8 Å². The largest absolute Gasteiger partial charge is 0.326 e. The van der Waals surface area contributed by atoms with Gasteiger partial charge in [0, 0.05) is 18.2 Å². The van der Waals surface area contributed by atoms with Crippen molar-refractivity contribution in [2.24, 2.45) is 0 Å². The van der Waals surface area contributed by atoms with Crippen molar-refractivity contribution in [3.05, 3.63) is 87.9 Å². The molecule has 36 heavy (non-hydrogen) atoms. The molecule has 0 saturated heterocycles. The molecule has 0 amide bonds. The van der Waals surface area contributed by atoms with Gasteiger partial charge in [-0.1, -0.05) is 23.7 Å². The molecule has 6 rings (SSSR count). The number of H-pyrrole nitrogens is 1. The first-order valence-electron chi connectivity index (χ1n) is 11.7. The van der Waals surface area contributed by atoms with Gasteiger partial charge in [0.05, 0.1) is 33.4 Å². The van der Waals surface area contributed by atoms with E-state index in [-0.39, 0.29) is 17.6 Å². The number of rotatable bonds is 4. The van der Waals surface area contributed by atoms with Gasteiger partial charge >= 0.3 is 5.69 Å². The molecule has 0 atom stereocenters. The highest BCUT2D eigenvalue weighted by atomic mass is 35.5. The average molecular weight is 497 g/mol. The minimum Gasteiger partial charge on any atom is -0.305 e. The summed E-state index contributed by atoms with van der Waals surface area (Å²) in [5, 5.41) is 18.9. The first kappa shape index (κ1) is 22.2. The van der Waals surface area contributed by atoms with Gasteiger partial charge in [-0.05, 0) is 62.1 Å². The van der Waals surface area contributed by atoms with Gasteiger partial charge in [-0.2, -0.15) is 5.26 Å². The van der Waals surface area contributed by atoms with Gasteiger partial charge in [-0.25, -0.2) is 14.8 Å². The molecule has 1 fully saturated rings. The number of imidazole rings is 1. The van der Waals surface area contributed by atoms with Gasteiger partial charge in [-0.3, -0.25) is 9.13 Å². The molecule has 10 heteroatoms. The molecule has 1 N–H and O–H groups in total. The number of benzene rings is 2. The van der Waals surface area contributed by atoms with Crippen molar-refractivity contribution in [3.8, 4) is 23.3 Å². The lowest BCUT2D eigenvalue weighted by molar-refractivity contribution is 0.315. The molecule has 5 aromatic rings. The molecule has 9 nitrogen and oxygen atoms in total. The van der Waals surface area contributed by atoms with E-state index in [1.807, 2.05) is 39.5 Å². The number of para-hydroxylation sites is 1. The second-order valence-electron chi connectivity index (χ2n) is 8.91. The molecule has 1 aliphatic carbocycles. The third-order valence-corrected chi connectivity index (χ3v) is 7.18. The Kier molecular flexibility index (Phi) is 5.58. The fraction of sp³-hybridized carbons (Fsp3) is 0.231. The summed E-state index contributed by atoms with van der Waals surface area (Å²) in [7, 11) is 0. The quantitative estimate of drug-likeness (QED) is 0.382. The molecule has 1 saturated carbocycles. The lowest BCUT2D eigenvalue weighted by Crippen LogP contribution is -2.26. The predicted octanol–water partition coefficient (Wildman–Crippen LogP) is 4.79. The van der Waals surface area contributed by atoms with Crippen LogP contribution in [0.5, 0.6) is 0 Å². The molecule has 0 bridgehead atoms. The molecule has 0 spiro atoms. The van der Waals surface area contributed by atoms with E-state index in [2.05, 4.69) is 31.2 Å². The van der Waals surface area contributed by atoms with Gasteiger partial charge in [0.1, 0.15) is 17.8 Å². The van der Waals surface area contributed by atoms with Crippen LogP contribution < -0.4 is 5.69 Å². The van der Waals surface area contributed by atoms with E-state index in [0.29, 0.717) is 27.6 Å². The third-order valence-electron chi connectivity index (χ3n) is 6.87. The lowest BCUT2D eigenvalue weighted by atomic mass is 9.85. The number of nitriles is 1. The summed E-state index contributed by atoms with van der Waals surface area (Å²) >= 11 is 6.60. The number of aromatic nitrogens is 7. The first-order valence-corrected chi connectivity index (χ1v) is 12.1. The zero-order chi connectivity index (χ0) is 24.6. The fourth-order valence-corrected chi connectivity index (χ4v) is 5.40. The second kappa shape index (κ2) is 9.06. The van der Waals surface area contributed by atoms with Gasteiger partial charge in [-0.15, -0.1) is 10.2 Å². The normalized spacial score (nSPS) is 17.8. The summed E-state index contributed by atoms with van der Waals surface area (Å²) < 4.78 is 3.83. The van der Waals surface area contributed by atoms with E-state index in [9.17, 15) is 10.1 Å². The van der Waals surface area contributed by atoms with Crippen LogP contribution in [0, 0.1) is 11.3 Å². The van der Waals surface area contributed by atoms with Gasteiger partial charge in [0.2, 0.25) is 0 Å². The van der Waals surface area contributed by atoms with Gasteiger partial charge in [0.25, 0.3) is 0 Å². The van der Waals surface area contributed by atoms with Crippen molar-refractivity contribution in [1.82, 2.24) is 34.3 Å². The van der Waals surface area contributed by atoms with Crippen molar-refractivity contribution in [3.63, 3.8) is 0 Å². The molecule has 3 aromatic heterocycles. The number of hydrogen-bond donors (Lipinski definition) is 1. The summed E-state index contributed by atoms with van der Waals surface area (Å²) in [4.78, 5) is 24.1. The standard InChI is InChI=1S/C26H21ClN8O/c27-19-3-1-2-4-22(19)35-24(32-33-25(35)20-11-12-29-15-30-20)17-6-8-18(9-7-17)34-23-10-5-16(14-28)13-21(23)31-26(34)36/h1-5,10-13,15,17-18H,6-9H2,(H,31,36)/t17-,18-. The molecule has 2 aromatic carbocycles. The Bertz CT molecular complexity index is 1660. The highest BCUT2D eigenvalue weighted by Gasteiger charge is 2.31. The van der Waals surface area contributed by atoms with E-state index >= 15 is 0 Å². The van der Waals surface area contributed by atoms with Crippen LogP contribution in [0.3, 0.4) is 0 Å². The Hall–Kier alpha value is -4.29. The molecule has 1 aliphatic rings. The van der Waals surface area contributed by atoms with E-state index in [0.717, 1.165) is 42.7 Å². The fourth-order valence-electron chi connectivity index (χ4n) is 5.18. The zero-order valence-electron chi connectivity index (χ0n) is 19.2. The maximum Gasteiger partial charge on any atom is 0.326 e. The number of nitrogens with one attached hydrogen (secondary N) is 1. The predicted molar refractivity (Wildman–Crippen MR) is 135 cm³/mol. The maximum atomic E-state index is 12.8. The zero-order valence-corrected chi connectivity index (χ0v) is 19.9. The van der Waals surface area contributed by atoms with Crippen LogP contribution in [-0.4, -0.2) is 34.3 Å². The number of fused-ring (bicyclic) bond motifs is 1. The SMILES string of the molecule is N#Cc1ccc2c(c1)[nH]c(=O)n2[C@H]1CC[C@H](c2nnc(-c3ccncn3)n2-c2ccccc2Cl)CC1. The number of aromatic amines is 1. The van der Waals surface area contributed by atoms with Crippen LogP contribution in [0.4, 0.5) is 0 Å². The van der Waals surface area contributed by atoms with Crippen molar-refractivity contribution in [2.45, 2.75) is 37.6 Å². The summed E-state index contributed by atoms with van der Waals surface area (Å²) in [6.07, 6.45) is 6.48. The molecule has 0 radical (unpaired) electrons. The Morgan fingerprint density at radius 1 is 1.06 bits per heavy atom. The first-order chi connectivity index (χ1) is 17.6. The van der Waals surface area contributed by atoms with Crippen molar-refractivity contribution >= 4 is 22.6 Å². The average Bonchev–Trinajstić information content (AvgIpc) is 3.50. The van der Waals surface area contributed by atoms with Gasteiger partial charge < -0.3 is 4.98 Å². The Morgan fingerprint density at radius 2 is 1.89 bits per heavy atom. The summed E-state index contributed by atoms with van der Waals surface area (Å²) in [6, 6.07) is 16.9. The Morgan fingerprint density at radius 3 is 2.64 bits per heavy atom. The maximum absolute atomic E-state index is 12.8. The van der Waals surface area contributed by atoms with Crippen LogP contribution in [-0.2, 0) is 0 Å². The molecular weight excluding hydrogens is 476 g/mol. The number of nitrogens with zero attached hydrogens (tertiary/aromatic N) is 7. The van der Waals surface area contributed by atoms with Crippen molar-refractivity contribution in [1.29, 1.82) is 5.26 Å². The minimum absolute atomic E-state index is 0.0634. The summed E-state index contributed by atoms with van der Waals surface area (Å²) in [5.74, 6) is 1.59. The van der Waals surface area contributed by atoms with Crippen LogP contribution in [0.1, 0.15) is 49.0 Å². The number of hydrogen-bond acceptors (Lipinski definition) is 6.